The van der Waals surface area contributed by atoms with E-state index < -0.39 is 15.8 Å². The number of hydrogen-bond donors (Lipinski definition) is 1. The fraction of sp³-hybridized carbons (Fsp3) is 0.316. The fourth-order valence-electron chi connectivity index (χ4n) is 2.52. The summed E-state index contributed by atoms with van der Waals surface area (Å²) in [6, 6.07) is 12.3. The molecule has 0 aliphatic heterocycles. The van der Waals surface area contributed by atoms with Crippen molar-refractivity contribution in [2.24, 2.45) is 0 Å². The molecule has 0 atom stereocenters. The van der Waals surface area contributed by atoms with Crippen LogP contribution < -0.4 is 9.62 Å². The van der Waals surface area contributed by atoms with E-state index in [-0.39, 0.29) is 23.9 Å². The average Bonchev–Trinajstić information content (AvgIpc) is 2.58. The van der Waals surface area contributed by atoms with Crippen molar-refractivity contribution in [3.63, 3.8) is 0 Å². The summed E-state index contributed by atoms with van der Waals surface area (Å²) in [6.07, 6.45) is 0. The van der Waals surface area contributed by atoms with E-state index in [9.17, 15) is 17.6 Å². The zero-order valence-electron chi connectivity index (χ0n) is 15.1. The number of rotatable bonds is 7. The van der Waals surface area contributed by atoms with Gasteiger partial charge in [-0.05, 0) is 41.8 Å². The molecular formula is C19H23FN2O3S. The Balaban J connectivity index is 2.05. The number of carbonyl (C=O) groups is 1. The third-order valence-electron chi connectivity index (χ3n) is 3.98. The standard InChI is InChI=1S/C19H23FN2O3S/c1-14(2)16-7-9-19(10-8-16)26(24,25)21-11-12-22(15(3)23)18-6-4-5-17(20)13-18/h4-10,13-14,21H,11-12H2,1-3H3. The molecule has 0 aromatic heterocycles. The molecule has 2 aromatic carbocycles. The van der Waals surface area contributed by atoms with Crippen molar-refractivity contribution < 1.29 is 17.6 Å². The maximum absolute atomic E-state index is 13.4. The lowest BCUT2D eigenvalue weighted by Crippen LogP contribution is -2.37. The minimum absolute atomic E-state index is 0.0182. The van der Waals surface area contributed by atoms with Gasteiger partial charge in [0.05, 0.1) is 4.90 Å². The lowest BCUT2D eigenvalue weighted by molar-refractivity contribution is -0.116. The molecule has 0 fully saturated rings. The smallest absolute Gasteiger partial charge is 0.240 e. The number of hydrogen-bond acceptors (Lipinski definition) is 3. The van der Waals surface area contributed by atoms with E-state index in [1.54, 1.807) is 30.3 Å². The van der Waals surface area contributed by atoms with Gasteiger partial charge in [-0.3, -0.25) is 4.79 Å². The van der Waals surface area contributed by atoms with Crippen molar-refractivity contribution in [3.05, 3.63) is 59.9 Å². The molecule has 26 heavy (non-hydrogen) atoms. The Kier molecular flexibility index (Phi) is 6.50. The van der Waals surface area contributed by atoms with Crippen LogP contribution in [0.3, 0.4) is 0 Å². The first-order valence-electron chi connectivity index (χ1n) is 8.34. The van der Waals surface area contributed by atoms with Crippen LogP contribution in [0.25, 0.3) is 0 Å². The molecule has 1 N–H and O–H groups in total. The van der Waals surface area contributed by atoms with Gasteiger partial charge < -0.3 is 4.90 Å². The SMILES string of the molecule is CC(=O)N(CCNS(=O)(=O)c1ccc(C(C)C)cc1)c1cccc(F)c1. The molecule has 0 radical (unpaired) electrons. The van der Waals surface area contributed by atoms with E-state index in [1.165, 1.54) is 30.0 Å². The Hall–Kier alpha value is -2.25. The zero-order valence-corrected chi connectivity index (χ0v) is 15.9. The average molecular weight is 378 g/mol. The van der Waals surface area contributed by atoms with E-state index in [2.05, 4.69) is 4.72 Å². The Morgan fingerprint density at radius 3 is 2.35 bits per heavy atom. The minimum atomic E-state index is -3.68. The molecule has 0 bridgehead atoms. The molecule has 1 amide bonds. The van der Waals surface area contributed by atoms with Crippen LogP contribution >= 0.6 is 0 Å². The highest BCUT2D eigenvalue weighted by Crippen LogP contribution is 2.18. The summed E-state index contributed by atoms with van der Waals surface area (Å²) < 4.78 is 40.6. The van der Waals surface area contributed by atoms with Gasteiger partial charge in [0.25, 0.3) is 0 Å². The van der Waals surface area contributed by atoms with Crippen molar-refractivity contribution in [1.82, 2.24) is 4.72 Å². The Bertz CT molecular complexity index is 865. The molecule has 140 valence electrons. The number of nitrogens with zero attached hydrogens (tertiary/aromatic N) is 1. The minimum Gasteiger partial charge on any atom is -0.311 e. The van der Waals surface area contributed by atoms with Gasteiger partial charge in [0, 0.05) is 25.7 Å². The predicted octanol–water partition coefficient (Wildman–Crippen LogP) is 3.28. The number of benzene rings is 2. The highest BCUT2D eigenvalue weighted by molar-refractivity contribution is 7.89. The first-order chi connectivity index (χ1) is 12.2. The second kappa shape index (κ2) is 8.42. The zero-order chi connectivity index (χ0) is 19.3. The molecule has 0 aliphatic rings. The van der Waals surface area contributed by atoms with Gasteiger partial charge in [-0.25, -0.2) is 17.5 Å². The Morgan fingerprint density at radius 1 is 1.15 bits per heavy atom. The lowest BCUT2D eigenvalue weighted by Gasteiger charge is -2.21. The molecule has 2 rings (SSSR count). The molecule has 7 heteroatoms. The van der Waals surface area contributed by atoms with E-state index in [0.717, 1.165) is 5.56 Å². The highest BCUT2D eigenvalue weighted by Gasteiger charge is 2.16. The number of carbonyl (C=O) groups excluding carboxylic acids is 1. The first-order valence-corrected chi connectivity index (χ1v) is 9.82. The summed E-state index contributed by atoms with van der Waals surface area (Å²) in [7, 11) is -3.68. The van der Waals surface area contributed by atoms with Gasteiger partial charge in [0.2, 0.25) is 15.9 Å². The molecule has 0 spiro atoms. The number of amides is 1. The number of anilines is 1. The second-order valence-corrected chi connectivity index (χ2v) is 8.04. The van der Waals surface area contributed by atoms with Gasteiger partial charge in [0.15, 0.2) is 0 Å². The molecular weight excluding hydrogens is 355 g/mol. The second-order valence-electron chi connectivity index (χ2n) is 6.27. The van der Waals surface area contributed by atoms with Crippen molar-refractivity contribution in [2.75, 3.05) is 18.0 Å². The third-order valence-corrected chi connectivity index (χ3v) is 5.46. The van der Waals surface area contributed by atoms with Crippen LogP contribution in [0.5, 0.6) is 0 Å². The summed E-state index contributed by atoms with van der Waals surface area (Å²) in [5, 5.41) is 0. The quantitative estimate of drug-likeness (QED) is 0.804. The molecule has 2 aromatic rings. The lowest BCUT2D eigenvalue weighted by atomic mass is 10.0. The number of sulfonamides is 1. The molecule has 0 saturated heterocycles. The van der Waals surface area contributed by atoms with E-state index in [0.29, 0.717) is 11.6 Å². The van der Waals surface area contributed by atoms with Gasteiger partial charge in [-0.2, -0.15) is 0 Å². The monoisotopic (exact) mass is 378 g/mol. The summed E-state index contributed by atoms with van der Waals surface area (Å²) in [5.41, 5.74) is 1.44. The van der Waals surface area contributed by atoms with Crippen LogP contribution in [-0.2, 0) is 14.8 Å². The van der Waals surface area contributed by atoms with Crippen LogP contribution in [0.1, 0.15) is 32.3 Å². The van der Waals surface area contributed by atoms with Crippen LogP contribution in [0.4, 0.5) is 10.1 Å². The van der Waals surface area contributed by atoms with Crippen molar-refractivity contribution in [2.45, 2.75) is 31.6 Å². The van der Waals surface area contributed by atoms with E-state index in [1.807, 2.05) is 13.8 Å². The third kappa shape index (κ3) is 5.12. The van der Waals surface area contributed by atoms with Gasteiger partial charge in [0.1, 0.15) is 5.82 Å². The number of nitrogens with one attached hydrogen (secondary N) is 1. The first kappa shape index (κ1) is 20.1. The van der Waals surface area contributed by atoms with Crippen LogP contribution in [0.2, 0.25) is 0 Å². The summed E-state index contributed by atoms with van der Waals surface area (Å²) >= 11 is 0. The molecule has 0 saturated carbocycles. The maximum Gasteiger partial charge on any atom is 0.240 e. The van der Waals surface area contributed by atoms with Gasteiger partial charge >= 0.3 is 0 Å². The van der Waals surface area contributed by atoms with E-state index >= 15 is 0 Å². The largest absolute Gasteiger partial charge is 0.311 e. The van der Waals surface area contributed by atoms with Crippen LogP contribution in [0, 0.1) is 5.82 Å². The predicted molar refractivity (Wildman–Crippen MR) is 100 cm³/mol. The van der Waals surface area contributed by atoms with Crippen molar-refractivity contribution >= 4 is 21.6 Å². The highest BCUT2D eigenvalue weighted by atomic mass is 32.2. The summed E-state index contributed by atoms with van der Waals surface area (Å²) in [4.78, 5) is 13.3. The van der Waals surface area contributed by atoms with Gasteiger partial charge in [-0.1, -0.05) is 32.0 Å². The van der Waals surface area contributed by atoms with Crippen molar-refractivity contribution in [1.29, 1.82) is 0 Å². The van der Waals surface area contributed by atoms with Crippen molar-refractivity contribution in [3.8, 4) is 0 Å². The molecule has 0 unspecified atom stereocenters. The maximum atomic E-state index is 13.4. The normalized spacial score (nSPS) is 11.6. The fourth-order valence-corrected chi connectivity index (χ4v) is 3.54. The topological polar surface area (TPSA) is 66.5 Å². The molecule has 0 heterocycles. The molecule has 0 aliphatic carbocycles. The van der Waals surface area contributed by atoms with Crippen LogP contribution in [0.15, 0.2) is 53.4 Å². The summed E-state index contributed by atoms with van der Waals surface area (Å²) in [6.45, 7) is 5.53. The van der Waals surface area contributed by atoms with Gasteiger partial charge in [-0.15, -0.1) is 0 Å². The molecule has 5 nitrogen and oxygen atoms in total. The number of halogens is 1. The summed E-state index contributed by atoms with van der Waals surface area (Å²) in [5.74, 6) is -0.439. The Morgan fingerprint density at radius 2 is 1.81 bits per heavy atom. The Labute approximate surface area is 153 Å². The van der Waals surface area contributed by atoms with Crippen LogP contribution in [-0.4, -0.2) is 27.4 Å². The van der Waals surface area contributed by atoms with E-state index in [4.69, 9.17) is 0 Å².